The Morgan fingerprint density at radius 1 is 0.933 bits per heavy atom. The highest BCUT2D eigenvalue weighted by molar-refractivity contribution is 6.06. The third-order valence-electron chi connectivity index (χ3n) is 4.46. The van der Waals surface area contributed by atoms with E-state index in [-0.39, 0.29) is 16.9 Å². The van der Waals surface area contributed by atoms with Gasteiger partial charge in [-0.25, -0.2) is 0 Å². The predicted molar refractivity (Wildman–Crippen MR) is 117 cm³/mol. The van der Waals surface area contributed by atoms with Crippen LogP contribution in [0.15, 0.2) is 72.8 Å². The van der Waals surface area contributed by atoms with Crippen LogP contribution in [0, 0.1) is 22.7 Å². The van der Waals surface area contributed by atoms with E-state index in [1.165, 1.54) is 6.08 Å². The van der Waals surface area contributed by atoms with Crippen molar-refractivity contribution in [3.05, 3.63) is 95.1 Å². The van der Waals surface area contributed by atoms with Crippen LogP contribution in [0.5, 0.6) is 11.5 Å². The lowest BCUT2D eigenvalue weighted by molar-refractivity contribution is 0.104. The Morgan fingerprint density at radius 2 is 1.63 bits per heavy atom. The number of hydrogen-bond acceptors (Lipinski definition) is 5. The molecule has 0 heterocycles. The van der Waals surface area contributed by atoms with Crippen LogP contribution in [-0.2, 0) is 0 Å². The number of allylic oxidation sites excluding steroid dienone is 1. The topological polar surface area (TPSA) is 77.1 Å². The van der Waals surface area contributed by atoms with Gasteiger partial charge in [-0.3, -0.25) is 4.79 Å². The van der Waals surface area contributed by atoms with Gasteiger partial charge >= 0.3 is 0 Å². The minimum absolute atomic E-state index is 0.123. The number of ketones is 1. The summed E-state index contributed by atoms with van der Waals surface area (Å²) < 4.78 is 5.73. The van der Waals surface area contributed by atoms with E-state index in [0.29, 0.717) is 17.1 Å². The van der Waals surface area contributed by atoms with E-state index in [1.807, 2.05) is 55.4 Å². The number of nitriles is 2. The molecule has 5 nitrogen and oxygen atoms in total. The summed E-state index contributed by atoms with van der Waals surface area (Å²) in [4.78, 5) is 14.4. The maximum atomic E-state index is 12.4. The Bertz CT molecular complexity index is 1160. The quantitative estimate of drug-likeness (QED) is 0.426. The lowest BCUT2D eigenvalue weighted by Gasteiger charge is -2.11. The Hall–Kier alpha value is -4.35. The molecule has 0 saturated carbocycles. The van der Waals surface area contributed by atoms with Gasteiger partial charge in [-0.15, -0.1) is 0 Å². The van der Waals surface area contributed by atoms with E-state index in [1.54, 1.807) is 48.5 Å². The second kappa shape index (κ2) is 9.23. The van der Waals surface area contributed by atoms with Crippen LogP contribution in [0.2, 0.25) is 0 Å². The monoisotopic (exact) mass is 393 g/mol. The lowest BCUT2D eigenvalue weighted by atomic mass is 10.1. The number of carbonyl (C=O) groups is 1. The molecule has 0 fully saturated rings. The van der Waals surface area contributed by atoms with Crippen LogP contribution < -0.4 is 9.64 Å². The summed E-state index contributed by atoms with van der Waals surface area (Å²) in [6.07, 6.45) is 3.31. The van der Waals surface area contributed by atoms with Crippen molar-refractivity contribution in [1.82, 2.24) is 0 Å². The molecule has 5 heteroatoms. The number of ether oxygens (including phenoxy) is 1. The molecule has 30 heavy (non-hydrogen) atoms. The van der Waals surface area contributed by atoms with Crippen LogP contribution in [-0.4, -0.2) is 19.9 Å². The van der Waals surface area contributed by atoms with Crippen molar-refractivity contribution in [2.24, 2.45) is 0 Å². The maximum absolute atomic E-state index is 12.4. The smallest absolute Gasteiger partial charge is 0.185 e. The Kier molecular flexibility index (Phi) is 6.27. The number of nitrogens with zero attached hydrogens (tertiary/aromatic N) is 3. The van der Waals surface area contributed by atoms with Crippen LogP contribution in [0.4, 0.5) is 5.69 Å². The van der Waals surface area contributed by atoms with E-state index >= 15 is 0 Å². The predicted octanol–water partition coefficient (Wildman–Crippen LogP) is 5.18. The van der Waals surface area contributed by atoms with Crippen molar-refractivity contribution in [2.45, 2.75) is 0 Å². The van der Waals surface area contributed by atoms with Crippen molar-refractivity contribution in [1.29, 1.82) is 10.5 Å². The van der Waals surface area contributed by atoms with E-state index in [2.05, 4.69) is 0 Å². The molecular formula is C25H19N3O2. The number of hydrogen-bond donors (Lipinski definition) is 0. The highest BCUT2D eigenvalue weighted by Gasteiger charge is 2.10. The molecule has 0 N–H and O–H groups in total. The molecule has 0 aliphatic heterocycles. The van der Waals surface area contributed by atoms with E-state index in [0.717, 1.165) is 11.3 Å². The van der Waals surface area contributed by atoms with Gasteiger partial charge in [0.1, 0.15) is 29.2 Å². The minimum Gasteiger partial charge on any atom is -0.456 e. The standard InChI is InChI=1S/C25H19N3O2/c1-28(2)21-11-6-18(7-12-21)8-15-24(29)19-9-13-22(14-10-19)30-25-5-3-4-20(16-26)23(25)17-27/h3-15H,1-2H3/b15-8+. The van der Waals surface area contributed by atoms with Crippen LogP contribution in [0.3, 0.4) is 0 Å². The van der Waals surface area contributed by atoms with Gasteiger partial charge in [-0.2, -0.15) is 10.5 Å². The van der Waals surface area contributed by atoms with Gasteiger partial charge in [0.25, 0.3) is 0 Å². The molecule has 3 aromatic carbocycles. The molecular weight excluding hydrogens is 374 g/mol. The average Bonchev–Trinajstić information content (AvgIpc) is 2.78. The lowest BCUT2D eigenvalue weighted by Crippen LogP contribution is -2.07. The first-order valence-corrected chi connectivity index (χ1v) is 9.23. The van der Waals surface area contributed by atoms with Crippen molar-refractivity contribution in [3.8, 4) is 23.6 Å². The van der Waals surface area contributed by atoms with Gasteiger partial charge in [-0.1, -0.05) is 24.3 Å². The van der Waals surface area contributed by atoms with E-state index in [4.69, 9.17) is 10.00 Å². The molecule has 0 atom stereocenters. The molecule has 0 unspecified atom stereocenters. The van der Waals surface area contributed by atoms with Gasteiger partial charge < -0.3 is 9.64 Å². The number of rotatable bonds is 6. The third-order valence-corrected chi connectivity index (χ3v) is 4.46. The molecule has 0 spiro atoms. The maximum Gasteiger partial charge on any atom is 0.185 e. The molecule has 0 amide bonds. The first kappa shape index (κ1) is 20.4. The second-order valence-electron chi connectivity index (χ2n) is 6.71. The summed E-state index contributed by atoms with van der Waals surface area (Å²) in [7, 11) is 3.95. The van der Waals surface area contributed by atoms with Crippen LogP contribution in [0.25, 0.3) is 6.08 Å². The number of benzene rings is 3. The van der Waals surface area contributed by atoms with Gasteiger partial charge in [-0.05, 0) is 60.2 Å². The molecule has 0 saturated heterocycles. The first-order valence-electron chi connectivity index (χ1n) is 9.23. The van der Waals surface area contributed by atoms with Crippen molar-refractivity contribution < 1.29 is 9.53 Å². The SMILES string of the molecule is CN(C)c1ccc(/C=C/C(=O)c2ccc(Oc3cccc(C#N)c3C#N)cc2)cc1. The van der Waals surface area contributed by atoms with Crippen LogP contribution >= 0.6 is 0 Å². The minimum atomic E-state index is -0.123. The Labute approximate surface area is 175 Å². The highest BCUT2D eigenvalue weighted by atomic mass is 16.5. The summed E-state index contributed by atoms with van der Waals surface area (Å²) in [5.41, 5.74) is 2.99. The molecule has 0 radical (unpaired) electrons. The average molecular weight is 393 g/mol. The summed E-state index contributed by atoms with van der Waals surface area (Å²) in [5, 5.41) is 18.4. The molecule has 146 valence electrons. The number of anilines is 1. The second-order valence-corrected chi connectivity index (χ2v) is 6.71. The van der Waals surface area contributed by atoms with Gasteiger partial charge in [0.05, 0.1) is 5.56 Å². The van der Waals surface area contributed by atoms with Crippen LogP contribution in [0.1, 0.15) is 27.0 Å². The summed E-state index contributed by atoms with van der Waals surface area (Å²) >= 11 is 0. The summed E-state index contributed by atoms with van der Waals surface area (Å²) in [6.45, 7) is 0. The van der Waals surface area contributed by atoms with Crippen molar-refractivity contribution in [3.63, 3.8) is 0 Å². The van der Waals surface area contributed by atoms with Gasteiger partial charge in [0, 0.05) is 25.3 Å². The zero-order valence-corrected chi connectivity index (χ0v) is 16.7. The molecule has 0 aliphatic carbocycles. The largest absolute Gasteiger partial charge is 0.456 e. The molecule has 0 aromatic heterocycles. The van der Waals surface area contributed by atoms with Crippen molar-refractivity contribution in [2.75, 3.05) is 19.0 Å². The zero-order chi connectivity index (χ0) is 21.5. The fourth-order valence-corrected chi connectivity index (χ4v) is 2.79. The first-order chi connectivity index (χ1) is 14.5. The third kappa shape index (κ3) is 4.73. The molecule has 0 bridgehead atoms. The fourth-order valence-electron chi connectivity index (χ4n) is 2.79. The van der Waals surface area contributed by atoms with Gasteiger partial charge in [0.2, 0.25) is 0 Å². The normalized spacial score (nSPS) is 10.3. The Morgan fingerprint density at radius 3 is 2.23 bits per heavy atom. The van der Waals surface area contributed by atoms with E-state index < -0.39 is 0 Å². The molecule has 3 aromatic rings. The van der Waals surface area contributed by atoms with E-state index in [9.17, 15) is 10.1 Å². The molecule has 3 rings (SSSR count). The molecule has 0 aliphatic rings. The zero-order valence-electron chi connectivity index (χ0n) is 16.7. The fraction of sp³-hybridized carbons (Fsp3) is 0.0800. The van der Waals surface area contributed by atoms with Gasteiger partial charge in [0.15, 0.2) is 5.78 Å². The highest BCUT2D eigenvalue weighted by Crippen LogP contribution is 2.27. The summed E-state index contributed by atoms with van der Waals surface area (Å²) in [5.74, 6) is 0.653. The Balaban J connectivity index is 1.71. The van der Waals surface area contributed by atoms with Crippen molar-refractivity contribution >= 4 is 17.5 Å². The summed E-state index contributed by atoms with van der Waals surface area (Å²) in [6, 6.07) is 23.4. The number of carbonyl (C=O) groups excluding carboxylic acids is 1.